The van der Waals surface area contributed by atoms with E-state index < -0.39 is 0 Å². The maximum absolute atomic E-state index is 13.4. The van der Waals surface area contributed by atoms with Gasteiger partial charge in [-0.2, -0.15) is 0 Å². The summed E-state index contributed by atoms with van der Waals surface area (Å²) in [5.74, 6) is 1.80. The molecule has 1 atom stereocenters. The van der Waals surface area contributed by atoms with E-state index in [4.69, 9.17) is 4.74 Å². The van der Waals surface area contributed by atoms with Gasteiger partial charge in [-0.15, -0.1) is 0 Å². The lowest BCUT2D eigenvalue weighted by Crippen LogP contribution is -2.32. The number of rotatable bonds is 13. The predicted molar refractivity (Wildman–Crippen MR) is 191 cm³/mol. The summed E-state index contributed by atoms with van der Waals surface area (Å²) in [6, 6.07) is 5.95. The Kier molecular flexibility index (Phi) is 22.9. The third-order valence-corrected chi connectivity index (χ3v) is 6.57. The van der Waals surface area contributed by atoms with Crippen LogP contribution in [-0.2, 0) is 11.3 Å². The number of fused-ring (bicyclic) bond motifs is 1. The second-order valence-electron chi connectivity index (χ2n) is 10.7. The topological polar surface area (TPSA) is 85.2 Å². The maximum Gasteiger partial charge on any atom is 0.293 e. The molecule has 0 aliphatic heterocycles. The first-order chi connectivity index (χ1) is 21.3. The van der Waals surface area contributed by atoms with Gasteiger partial charge in [0.2, 0.25) is 0 Å². The van der Waals surface area contributed by atoms with Crippen molar-refractivity contribution in [1.29, 1.82) is 0 Å². The summed E-state index contributed by atoms with van der Waals surface area (Å²) in [4.78, 5) is 29.3. The van der Waals surface area contributed by atoms with E-state index in [0.717, 1.165) is 48.7 Å². The van der Waals surface area contributed by atoms with Crippen molar-refractivity contribution in [1.82, 2.24) is 24.4 Å². The Labute approximate surface area is 269 Å². The highest BCUT2D eigenvalue weighted by Crippen LogP contribution is 2.26. The van der Waals surface area contributed by atoms with Gasteiger partial charge in [0.1, 0.15) is 0 Å². The van der Waals surface area contributed by atoms with Crippen LogP contribution in [0.2, 0.25) is 0 Å². The van der Waals surface area contributed by atoms with Crippen molar-refractivity contribution in [3.63, 3.8) is 0 Å². The molecular weight excluding hydrogens is 548 g/mol. The van der Waals surface area contributed by atoms with Crippen LogP contribution in [0.4, 0.5) is 5.82 Å². The minimum absolute atomic E-state index is 0.150. The molecule has 0 aromatic carbocycles. The Balaban J connectivity index is 0.00000162. The van der Waals surface area contributed by atoms with Crippen LogP contribution in [0.5, 0.6) is 0 Å². The van der Waals surface area contributed by atoms with Crippen molar-refractivity contribution < 1.29 is 4.74 Å². The lowest BCUT2D eigenvalue weighted by atomic mass is 10.1. The fourth-order valence-electron chi connectivity index (χ4n) is 4.16. The van der Waals surface area contributed by atoms with E-state index in [-0.39, 0.29) is 5.56 Å². The Morgan fingerprint density at radius 3 is 2.18 bits per heavy atom. The molecule has 0 spiro atoms. The molecule has 8 heteroatoms. The monoisotopic (exact) mass is 613 g/mol. The quantitative estimate of drug-likeness (QED) is 0.194. The van der Waals surface area contributed by atoms with Crippen molar-refractivity contribution in [2.75, 3.05) is 45.2 Å². The summed E-state index contributed by atoms with van der Waals surface area (Å²) >= 11 is 0. The average Bonchev–Trinajstić information content (AvgIpc) is 3.84. The molecule has 1 saturated carbocycles. The summed E-state index contributed by atoms with van der Waals surface area (Å²) in [6.07, 6.45) is 8.65. The number of hydrogen-bond acceptors (Lipinski definition) is 7. The summed E-state index contributed by atoms with van der Waals surface area (Å²) in [5, 5.41) is 3.28. The zero-order valence-corrected chi connectivity index (χ0v) is 30.2. The van der Waals surface area contributed by atoms with Gasteiger partial charge in [0.05, 0.1) is 12.1 Å². The fourth-order valence-corrected chi connectivity index (χ4v) is 4.16. The number of nitrogens with one attached hydrogen (secondary N) is 1. The van der Waals surface area contributed by atoms with Crippen molar-refractivity contribution in [3.8, 4) is 11.1 Å². The van der Waals surface area contributed by atoms with Crippen molar-refractivity contribution in [2.24, 2.45) is 11.8 Å². The van der Waals surface area contributed by atoms with Crippen LogP contribution in [0.15, 0.2) is 35.4 Å². The lowest BCUT2D eigenvalue weighted by molar-refractivity contribution is 0.127. The number of ether oxygens (including phenoxy) is 1. The third-order valence-electron chi connectivity index (χ3n) is 6.57. The molecule has 44 heavy (non-hydrogen) atoms. The number of aryl methyl sites for hydroxylation is 1. The van der Waals surface area contributed by atoms with E-state index in [1.54, 1.807) is 10.8 Å². The molecule has 3 aromatic rings. The summed E-state index contributed by atoms with van der Waals surface area (Å²) < 4.78 is 7.42. The molecule has 1 N–H and O–H groups in total. The highest BCUT2D eigenvalue weighted by atomic mass is 16.5. The number of nitrogens with zero attached hydrogens (tertiary/aromatic N) is 5. The van der Waals surface area contributed by atoms with Gasteiger partial charge in [-0.1, -0.05) is 88.1 Å². The Bertz CT molecular complexity index is 1190. The third kappa shape index (κ3) is 15.2. The van der Waals surface area contributed by atoms with E-state index in [1.807, 2.05) is 72.9 Å². The maximum atomic E-state index is 13.4. The van der Waals surface area contributed by atoms with Gasteiger partial charge in [0.15, 0.2) is 11.5 Å². The molecule has 1 aliphatic rings. The smallest absolute Gasteiger partial charge is 0.293 e. The summed E-state index contributed by atoms with van der Waals surface area (Å²) in [7, 11) is 2.13. The fraction of sp³-hybridized carbons (Fsp3) is 0.667. The van der Waals surface area contributed by atoms with E-state index in [0.29, 0.717) is 49.2 Å². The van der Waals surface area contributed by atoms with Crippen LogP contribution in [-0.4, -0.2) is 64.3 Å². The number of aromatic nitrogens is 4. The molecule has 0 radical (unpaired) electrons. The summed E-state index contributed by atoms with van der Waals surface area (Å²) in [6.45, 7) is 26.9. The molecule has 0 amide bonds. The van der Waals surface area contributed by atoms with E-state index >= 15 is 0 Å². The van der Waals surface area contributed by atoms with E-state index in [9.17, 15) is 4.79 Å². The highest BCUT2D eigenvalue weighted by molar-refractivity contribution is 5.78. The molecule has 1 fully saturated rings. The van der Waals surface area contributed by atoms with Crippen molar-refractivity contribution in [2.45, 2.75) is 108 Å². The van der Waals surface area contributed by atoms with Crippen LogP contribution in [0.1, 0.15) is 101 Å². The van der Waals surface area contributed by atoms with E-state index in [2.05, 4.69) is 59.9 Å². The number of pyridine rings is 2. The first kappa shape index (κ1) is 41.2. The molecule has 1 unspecified atom stereocenters. The van der Waals surface area contributed by atoms with Crippen LogP contribution in [0.25, 0.3) is 22.3 Å². The summed E-state index contributed by atoms with van der Waals surface area (Å²) in [5.41, 5.74) is 3.89. The molecule has 3 aromatic heterocycles. The molecule has 3 heterocycles. The zero-order chi connectivity index (χ0) is 33.5. The van der Waals surface area contributed by atoms with E-state index in [1.165, 1.54) is 12.8 Å². The Hall–Kier alpha value is -2.84. The first-order valence-electron chi connectivity index (χ1n) is 17.2. The van der Waals surface area contributed by atoms with Gasteiger partial charge in [-0.25, -0.2) is 9.97 Å². The normalized spacial score (nSPS) is 12.4. The minimum atomic E-state index is -0.150. The number of hydrogen-bond donors (Lipinski definition) is 1. The molecule has 0 saturated heterocycles. The molecule has 1 aliphatic carbocycles. The van der Waals surface area contributed by atoms with Gasteiger partial charge in [-0.3, -0.25) is 14.3 Å². The van der Waals surface area contributed by atoms with Gasteiger partial charge >= 0.3 is 0 Å². The Morgan fingerprint density at radius 2 is 1.64 bits per heavy atom. The molecule has 8 nitrogen and oxygen atoms in total. The second kappa shape index (κ2) is 24.5. The van der Waals surface area contributed by atoms with Crippen LogP contribution in [0, 0.1) is 18.8 Å². The Morgan fingerprint density at radius 1 is 1.00 bits per heavy atom. The van der Waals surface area contributed by atoms with Crippen LogP contribution >= 0.6 is 0 Å². The lowest BCUT2D eigenvalue weighted by Gasteiger charge is -2.21. The van der Waals surface area contributed by atoms with Gasteiger partial charge in [0.25, 0.3) is 5.56 Å². The molecule has 0 bridgehead atoms. The molecule has 4 rings (SSSR count). The number of anilines is 1. The molecule has 250 valence electrons. The van der Waals surface area contributed by atoms with Gasteiger partial charge < -0.3 is 15.0 Å². The first-order valence-corrected chi connectivity index (χ1v) is 17.2. The van der Waals surface area contributed by atoms with Crippen LogP contribution < -0.4 is 10.9 Å². The largest absolute Gasteiger partial charge is 0.380 e. The minimum Gasteiger partial charge on any atom is -0.380 e. The SMILES string of the molecule is CC.CC.CC.CC1CC1.CCCOCCn1c(=O)c(NCC(C)CN(C)CCC)nc2ncc(-c3ccc(C)nc3)cc21. The zero-order valence-electron chi connectivity index (χ0n) is 30.2. The van der Waals surface area contributed by atoms with Gasteiger partial charge in [-0.05, 0) is 57.3 Å². The van der Waals surface area contributed by atoms with Gasteiger partial charge in [0, 0.05) is 55.5 Å². The van der Waals surface area contributed by atoms with Crippen molar-refractivity contribution >= 4 is 17.0 Å². The van der Waals surface area contributed by atoms with Crippen molar-refractivity contribution in [3.05, 3.63) is 46.6 Å². The average molecular weight is 613 g/mol. The molecular formula is C36H64N6O2. The second-order valence-corrected chi connectivity index (χ2v) is 10.7. The van der Waals surface area contributed by atoms with Crippen LogP contribution in [0.3, 0.4) is 0 Å². The standard InChI is InChI=1S/C26H38N6O2.C4H8.3C2H6/c1-6-10-31(5)18-19(3)15-28-25-26(33)32(11-13-34-12-7-2)23-14-22(17-29-24(23)30-25)21-9-8-20(4)27-16-21;1-4-2-3-4;3*1-2/h8-9,14,16-17,19H,6-7,10-13,15,18H2,1-5H3,(H,28,29,30);4H,2-3H2,1H3;3*1-2H3. The predicted octanol–water partition coefficient (Wildman–Crippen LogP) is 8.47. The highest BCUT2D eigenvalue weighted by Gasteiger charge is 2.15.